The van der Waals surface area contributed by atoms with Crippen molar-refractivity contribution < 1.29 is 19.3 Å². The van der Waals surface area contributed by atoms with E-state index in [1.807, 2.05) is 0 Å². The van der Waals surface area contributed by atoms with Crippen molar-refractivity contribution in [2.24, 2.45) is 0 Å². The molecule has 0 aliphatic carbocycles. The van der Waals surface area contributed by atoms with Crippen molar-refractivity contribution in [3.05, 3.63) is 52.9 Å². The number of nitrogens with two attached hydrogens (primary N) is 1. The van der Waals surface area contributed by atoms with E-state index in [0.717, 1.165) is 0 Å². The van der Waals surface area contributed by atoms with E-state index in [0.29, 0.717) is 22.3 Å². The first-order valence-electron chi connectivity index (χ1n) is 8.19. The number of aliphatic hydroxyl groups excluding tert-OH is 2. The lowest BCUT2D eigenvalue weighted by atomic mass is 10.1. The second kappa shape index (κ2) is 8.27. The van der Waals surface area contributed by atoms with Crippen LogP contribution < -0.4 is 15.8 Å². The summed E-state index contributed by atoms with van der Waals surface area (Å²) >= 11 is 5.82. The lowest BCUT2D eigenvalue weighted by Gasteiger charge is -2.15. The summed E-state index contributed by atoms with van der Waals surface area (Å²) in [5, 5.41) is 31.3. The van der Waals surface area contributed by atoms with Crippen LogP contribution in [-0.2, 0) is 0 Å². The summed E-state index contributed by atoms with van der Waals surface area (Å²) in [6, 6.07) is 9.31. The molecule has 1 atom stereocenters. The Hall–Kier alpha value is -3.12. The van der Waals surface area contributed by atoms with Crippen molar-refractivity contribution in [1.82, 2.24) is 4.98 Å². The fourth-order valence-corrected chi connectivity index (χ4v) is 2.72. The molecule has 0 fully saturated rings. The molecule has 1 heterocycles. The minimum absolute atomic E-state index is 0.0560. The van der Waals surface area contributed by atoms with Crippen LogP contribution >= 0.6 is 11.6 Å². The number of nitrogens with one attached hydrogen (secondary N) is 1. The highest BCUT2D eigenvalue weighted by atomic mass is 35.5. The predicted octanol–water partition coefficient (Wildman–Crippen LogP) is 2.96. The van der Waals surface area contributed by atoms with Gasteiger partial charge in [0.15, 0.2) is 0 Å². The highest BCUT2D eigenvalue weighted by Gasteiger charge is 2.14. The molecule has 0 aliphatic heterocycles. The molecule has 0 bridgehead atoms. The fraction of sp³-hybridized carbons (Fsp3) is 0.158. The molecule has 5 N–H and O–H groups in total. The van der Waals surface area contributed by atoms with E-state index in [1.165, 1.54) is 24.4 Å². The number of nitrogens with zero attached hydrogens (tertiary/aromatic N) is 2. The van der Waals surface area contributed by atoms with Gasteiger partial charge in [-0.2, -0.15) is 5.26 Å². The zero-order valence-electron chi connectivity index (χ0n) is 14.5. The number of hydrogen-bond acceptors (Lipinski definition) is 7. The van der Waals surface area contributed by atoms with Gasteiger partial charge in [0.1, 0.15) is 30.3 Å². The van der Waals surface area contributed by atoms with Crippen LogP contribution in [-0.4, -0.2) is 34.5 Å². The van der Waals surface area contributed by atoms with Crippen molar-refractivity contribution >= 4 is 39.6 Å². The summed E-state index contributed by atoms with van der Waals surface area (Å²) in [6.45, 7) is -0.576. The van der Waals surface area contributed by atoms with Crippen LogP contribution in [0.4, 0.5) is 21.5 Å². The molecule has 3 aromatic rings. The van der Waals surface area contributed by atoms with Crippen LogP contribution in [0.2, 0.25) is 5.02 Å². The summed E-state index contributed by atoms with van der Waals surface area (Å²) in [5.41, 5.74) is 7.96. The maximum Gasteiger partial charge on any atom is 0.144 e. The van der Waals surface area contributed by atoms with Crippen LogP contribution in [0.3, 0.4) is 0 Å². The Labute approximate surface area is 164 Å². The average Bonchev–Trinajstić information content (AvgIpc) is 2.69. The number of nitrogen functional groups attached to an aromatic ring is 1. The highest BCUT2D eigenvalue weighted by Crippen LogP contribution is 2.35. The molecule has 3 rings (SSSR count). The molecule has 1 aromatic heterocycles. The highest BCUT2D eigenvalue weighted by molar-refractivity contribution is 6.31. The van der Waals surface area contributed by atoms with Gasteiger partial charge in [0.25, 0.3) is 0 Å². The molecule has 9 heteroatoms. The molecule has 144 valence electrons. The van der Waals surface area contributed by atoms with Crippen LogP contribution in [0, 0.1) is 17.1 Å². The van der Waals surface area contributed by atoms with Gasteiger partial charge in [0.2, 0.25) is 0 Å². The lowest BCUT2D eigenvalue weighted by molar-refractivity contribution is 0.0539. The minimum Gasteiger partial charge on any atom is -0.489 e. The number of fused-ring (bicyclic) bond motifs is 1. The predicted molar refractivity (Wildman–Crippen MR) is 104 cm³/mol. The first-order valence-corrected chi connectivity index (χ1v) is 8.57. The molecule has 0 spiro atoms. The summed E-state index contributed by atoms with van der Waals surface area (Å²) in [5.74, 6) is -0.267. The number of rotatable bonds is 6. The van der Waals surface area contributed by atoms with Gasteiger partial charge in [-0.25, -0.2) is 4.39 Å². The third-order valence-electron chi connectivity index (χ3n) is 3.95. The zero-order valence-corrected chi connectivity index (χ0v) is 15.2. The third-order valence-corrected chi connectivity index (χ3v) is 4.24. The molecule has 0 saturated heterocycles. The van der Waals surface area contributed by atoms with Crippen molar-refractivity contribution in [2.75, 3.05) is 24.3 Å². The van der Waals surface area contributed by atoms with Crippen LogP contribution in [0.25, 0.3) is 10.9 Å². The summed E-state index contributed by atoms with van der Waals surface area (Å²) < 4.78 is 18.8. The van der Waals surface area contributed by atoms with Crippen LogP contribution in [0.1, 0.15) is 5.56 Å². The summed E-state index contributed by atoms with van der Waals surface area (Å²) in [7, 11) is 0. The van der Waals surface area contributed by atoms with E-state index in [9.17, 15) is 14.8 Å². The van der Waals surface area contributed by atoms with Crippen LogP contribution in [0.5, 0.6) is 5.75 Å². The van der Waals surface area contributed by atoms with Gasteiger partial charge >= 0.3 is 0 Å². The molecule has 28 heavy (non-hydrogen) atoms. The molecule has 0 aliphatic rings. The standard InChI is InChI=1S/C19H16ClFN4O3/c20-14-3-11(1-2-15(14)21)25-19-10(6-22)7-24-17-5-18(16(23)4-13(17)19)28-9-12(27)8-26/h1-5,7,12,26-27H,8-9,23H2,(H,24,25). The van der Waals surface area contributed by atoms with Gasteiger partial charge in [0.05, 0.1) is 34.1 Å². The van der Waals surface area contributed by atoms with Gasteiger partial charge in [-0.05, 0) is 24.3 Å². The van der Waals surface area contributed by atoms with Gasteiger partial charge in [-0.15, -0.1) is 0 Å². The molecule has 7 nitrogen and oxygen atoms in total. The van der Waals surface area contributed by atoms with E-state index >= 15 is 0 Å². The van der Waals surface area contributed by atoms with E-state index in [2.05, 4.69) is 16.4 Å². The molecular formula is C19H16ClFN4O3. The largest absolute Gasteiger partial charge is 0.489 e. The zero-order chi connectivity index (χ0) is 20.3. The Morgan fingerprint density at radius 1 is 1.36 bits per heavy atom. The normalized spacial score (nSPS) is 11.8. The number of hydrogen-bond donors (Lipinski definition) is 4. The maximum absolute atomic E-state index is 13.4. The van der Waals surface area contributed by atoms with Gasteiger partial charge in [-0.1, -0.05) is 11.6 Å². The molecule has 0 radical (unpaired) electrons. The Morgan fingerprint density at radius 3 is 2.82 bits per heavy atom. The maximum atomic E-state index is 13.4. The first-order chi connectivity index (χ1) is 13.4. The van der Waals surface area contributed by atoms with E-state index in [1.54, 1.807) is 12.1 Å². The summed E-state index contributed by atoms with van der Waals surface area (Å²) in [4.78, 5) is 4.24. The second-order valence-corrected chi connectivity index (χ2v) is 6.37. The monoisotopic (exact) mass is 402 g/mol. The number of pyridine rings is 1. The van der Waals surface area contributed by atoms with E-state index in [4.69, 9.17) is 27.2 Å². The van der Waals surface area contributed by atoms with E-state index < -0.39 is 18.5 Å². The number of halogens is 2. The van der Waals surface area contributed by atoms with Crippen LogP contribution in [0.15, 0.2) is 36.5 Å². The van der Waals surface area contributed by atoms with Crippen molar-refractivity contribution in [1.29, 1.82) is 5.26 Å². The molecule has 2 aromatic carbocycles. The topological polar surface area (TPSA) is 124 Å². The first kappa shape index (κ1) is 19.6. The fourth-order valence-electron chi connectivity index (χ4n) is 2.54. The number of benzene rings is 2. The number of nitriles is 1. The minimum atomic E-state index is -1.04. The van der Waals surface area contributed by atoms with Crippen molar-refractivity contribution in [2.45, 2.75) is 6.10 Å². The molecular weight excluding hydrogens is 387 g/mol. The van der Waals surface area contributed by atoms with Crippen molar-refractivity contribution in [3.63, 3.8) is 0 Å². The number of ether oxygens (including phenoxy) is 1. The quantitative estimate of drug-likeness (QED) is 0.467. The molecule has 1 unspecified atom stereocenters. The van der Waals surface area contributed by atoms with Gasteiger partial charge < -0.3 is 26.0 Å². The third kappa shape index (κ3) is 4.07. The van der Waals surface area contributed by atoms with Gasteiger partial charge in [-0.3, -0.25) is 4.98 Å². The number of aromatic nitrogens is 1. The molecule has 0 saturated carbocycles. The Morgan fingerprint density at radius 2 is 2.14 bits per heavy atom. The lowest BCUT2D eigenvalue weighted by Crippen LogP contribution is -2.21. The molecule has 0 amide bonds. The Balaban J connectivity index is 2.04. The second-order valence-electron chi connectivity index (χ2n) is 5.97. The SMILES string of the molecule is N#Cc1cnc2cc(OCC(O)CO)c(N)cc2c1Nc1ccc(F)c(Cl)c1. The number of aliphatic hydroxyl groups is 2. The summed E-state index contributed by atoms with van der Waals surface area (Å²) in [6.07, 6.45) is 0.350. The Bertz CT molecular complexity index is 1070. The smallest absolute Gasteiger partial charge is 0.144 e. The van der Waals surface area contributed by atoms with Crippen molar-refractivity contribution in [3.8, 4) is 11.8 Å². The average molecular weight is 403 g/mol. The Kier molecular flexibility index (Phi) is 5.80. The number of anilines is 3. The van der Waals surface area contributed by atoms with Gasteiger partial charge in [0, 0.05) is 23.3 Å². The van der Waals surface area contributed by atoms with E-state index in [-0.39, 0.29) is 28.6 Å².